The van der Waals surface area contributed by atoms with Gasteiger partial charge in [0.2, 0.25) is 0 Å². The van der Waals surface area contributed by atoms with Crippen LogP contribution < -0.4 is 5.73 Å². The second-order valence-electron chi connectivity index (χ2n) is 5.94. The Morgan fingerprint density at radius 1 is 1.21 bits per heavy atom. The molecule has 1 fully saturated rings. The zero-order valence-corrected chi connectivity index (χ0v) is 11.7. The van der Waals surface area contributed by atoms with E-state index in [2.05, 4.69) is 31.1 Å². The van der Waals surface area contributed by atoms with Gasteiger partial charge in [0.05, 0.1) is 0 Å². The van der Waals surface area contributed by atoms with Gasteiger partial charge in [0.1, 0.15) is 5.82 Å². The number of rotatable bonds is 3. The van der Waals surface area contributed by atoms with Crippen molar-refractivity contribution in [1.82, 2.24) is 14.8 Å². The summed E-state index contributed by atoms with van der Waals surface area (Å²) < 4.78 is 1.92. The SMILES string of the molecule is Cn1nc(C2CC2)nc1C(C)(C)c1ccc(N)cc1. The average molecular weight is 256 g/mol. The van der Waals surface area contributed by atoms with E-state index in [0.717, 1.165) is 17.3 Å². The number of hydrogen-bond donors (Lipinski definition) is 1. The molecule has 0 saturated heterocycles. The van der Waals surface area contributed by atoms with Crippen LogP contribution in [0.3, 0.4) is 0 Å². The summed E-state index contributed by atoms with van der Waals surface area (Å²) in [5.74, 6) is 2.60. The molecule has 4 heteroatoms. The van der Waals surface area contributed by atoms with Gasteiger partial charge in [-0.15, -0.1) is 0 Å². The predicted octanol–water partition coefficient (Wildman–Crippen LogP) is 2.60. The van der Waals surface area contributed by atoms with E-state index in [4.69, 9.17) is 10.7 Å². The molecule has 1 aliphatic carbocycles. The number of aryl methyl sites for hydroxylation is 1. The smallest absolute Gasteiger partial charge is 0.154 e. The van der Waals surface area contributed by atoms with Crippen LogP contribution in [0.15, 0.2) is 24.3 Å². The third-order valence-corrected chi connectivity index (χ3v) is 3.91. The van der Waals surface area contributed by atoms with Crippen molar-refractivity contribution in [3.05, 3.63) is 41.5 Å². The fourth-order valence-electron chi connectivity index (χ4n) is 2.49. The summed E-state index contributed by atoms with van der Waals surface area (Å²) in [6.07, 6.45) is 2.46. The first kappa shape index (κ1) is 12.2. The Balaban J connectivity index is 2.00. The summed E-state index contributed by atoms with van der Waals surface area (Å²) in [6.45, 7) is 4.36. The highest BCUT2D eigenvalue weighted by atomic mass is 15.3. The molecule has 100 valence electrons. The van der Waals surface area contributed by atoms with Gasteiger partial charge in [-0.3, -0.25) is 4.68 Å². The van der Waals surface area contributed by atoms with Gasteiger partial charge in [-0.05, 0) is 44.4 Å². The monoisotopic (exact) mass is 256 g/mol. The Labute approximate surface area is 113 Å². The molecular formula is C15H20N4. The molecule has 1 aromatic heterocycles. The fraction of sp³-hybridized carbons (Fsp3) is 0.467. The lowest BCUT2D eigenvalue weighted by molar-refractivity contribution is 0.542. The van der Waals surface area contributed by atoms with Crippen molar-refractivity contribution in [2.24, 2.45) is 7.05 Å². The van der Waals surface area contributed by atoms with Gasteiger partial charge >= 0.3 is 0 Å². The molecule has 1 heterocycles. The van der Waals surface area contributed by atoms with E-state index in [1.807, 2.05) is 23.9 Å². The van der Waals surface area contributed by atoms with Gasteiger partial charge in [-0.2, -0.15) is 5.10 Å². The minimum atomic E-state index is -0.164. The topological polar surface area (TPSA) is 56.7 Å². The molecular weight excluding hydrogens is 236 g/mol. The molecule has 1 saturated carbocycles. The Morgan fingerprint density at radius 3 is 2.42 bits per heavy atom. The van der Waals surface area contributed by atoms with Gasteiger partial charge in [0.25, 0.3) is 0 Å². The maximum Gasteiger partial charge on any atom is 0.154 e. The quantitative estimate of drug-likeness (QED) is 0.859. The number of benzene rings is 1. The van der Waals surface area contributed by atoms with Crippen LogP contribution in [0.25, 0.3) is 0 Å². The van der Waals surface area contributed by atoms with Crippen LogP contribution >= 0.6 is 0 Å². The first-order chi connectivity index (χ1) is 8.98. The van der Waals surface area contributed by atoms with E-state index >= 15 is 0 Å². The molecule has 0 bridgehead atoms. The summed E-state index contributed by atoms with van der Waals surface area (Å²) >= 11 is 0. The Hall–Kier alpha value is -1.84. The molecule has 4 nitrogen and oxygen atoms in total. The molecule has 2 aromatic rings. The molecule has 3 rings (SSSR count). The molecule has 1 aliphatic rings. The van der Waals surface area contributed by atoms with E-state index in [9.17, 15) is 0 Å². The highest BCUT2D eigenvalue weighted by Gasteiger charge is 2.33. The number of nitrogen functional groups attached to an aromatic ring is 1. The molecule has 0 radical (unpaired) electrons. The molecule has 2 N–H and O–H groups in total. The number of hydrogen-bond acceptors (Lipinski definition) is 3. The van der Waals surface area contributed by atoms with Crippen molar-refractivity contribution in [3.8, 4) is 0 Å². The predicted molar refractivity (Wildman–Crippen MR) is 76.0 cm³/mol. The van der Waals surface area contributed by atoms with Gasteiger partial charge in [-0.1, -0.05) is 12.1 Å². The average Bonchev–Trinajstić information content (AvgIpc) is 3.13. The molecule has 0 aliphatic heterocycles. The lowest BCUT2D eigenvalue weighted by Crippen LogP contribution is -2.23. The maximum atomic E-state index is 5.76. The second kappa shape index (κ2) is 4.08. The van der Waals surface area contributed by atoms with Crippen molar-refractivity contribution in [3.63, 3.8) is 0 Å². The zero-order chi connectivity index (χ0) is 13.6. The number of nitrogens with two attached hydrogens (primary N) is 1. The summed E-state index contributed by atoms with van der Waals surface area (Å²) in [7, 11) is 1.98. The van der Waals surface area contributed by atoms with Crippen LogP contribution in [-0.2, 0) is 12.5 Å². The van der Waals surface area contributed by atoms with Crippen LogP contribution in [0.1, 0.15) is 49.8 Å². The molecule has 0 atom stereocenters. The zero-order valence-electron chi connectivity index (χ0n) is 11.7. The molecule has 0 unspecified atom stereocenters. The van der Waals surface area contributed by atoms with Crippen molar-refractivity contribution in [2.75, 3.05) is 5.73 Å². The van der Waals surface area contributed by atoms with Crippen LogP contribution in [0, 0.1) is 0 Å². The van der Waals surface area contributed by atoms with Gasteiger partial charge in [-0.25, -0.2) is 4.98 Å². The van der Waals surface area contributed by atoms with Crippen LogP contribution in [0.2, 0.25) is 0 Å². The number of aromatic nitrogens is 3. The second-order valence-corrected chi connectivity index (χ2v) is 5.94. The van der Waals surface area contributed by atoms with E-state index in [0.29, 0.717) is 5.92 Å². The van der Waals surface area contributed by atoms with E-state index in [1.54, 1.807) is 0 Å². The van der Waals surface area contributed by atoms with Gasteiger partial charge < -0.3 is 5.73 Å². The Bertz CT molecular complexity index is 591. The van der Waals surface area contributed by atoms with Crippen LogP contribution in [0.4, 0.5) is 5.69 Å². The van der Waals surface area contributed by atoms with E-state index < -0.39 is 0 Å². The van der Waals surface area contributed by atoms with Gasteiger partial charge in [0, 0.05) is 24.1 Å². The van der Waals surface area contributed by atoms with Gasteiger partial charge in [0.15, 0.2) is 5.82 Å². The highest BCUT2D eigenvalue weighted by Crippen LogP contribution is 2.39. The summed E-state index contributed by atoms with van der Waals surface area (Å²) in [6, 6.07) is 8.02. The highest BCUT2D eigenvalue weighted by molar-refractivity contribution is 5.43. The standard InChI is InChI=1S/C15H20N4/c1-15(2,11-6-8-12(16)9-7-11)14-17-13(10-4-5-10)18-19(14)3/h6-10H,4-5,16H2,1-3H3. The molecule has 0 amide bonds. The van der Waals surface area contributed by atoms with Crippen molar-refractivity contribution in [2.45, 2.75) is 38.0 Å². The van der Waals surface area contributed by atoms with E-state index in [1.165, 1.54) is 18.4 Å². The minimum Gasteiger partial charge on any atom is -0.399 e. The summed E-state index contributed by atoms with van der Waals surface area (Å²) in [4.78, 5) is 4.76. The summed E-state index contributed by atoms with van der Waals surface area (Å²) in [5, 5.41) is 4.56. The lowest BCUT2D eigenvalue weighted by Gasteiger charge is -2.24. The van der Waals surface area contributed by atoms with Crippen LogP contribution in [0.5, 0.6) is 0 Å². The Kier molecular flexibility index (Phi) is 2.62. The third kappa shape index (κ3) is 2.11. The number of nitrogens with zero attached hydrogens (tertiary/aromatic N) is 3. The third-order valence-electron chi connectivity index (χ3n) is 3.91. The largest absolute Gasteiger partial charge is 0.399 e. The molecule has 19 heavy (non-hydrogen) atoms. The Morgan fingerprint density at radius 2 is 1.84 bits per heavy atom. The van der Waals surface area contributed by atoms with E-state index in [-0.39, 0.29) is 5.41 Å². The normalized spacial score (nSPS) is 15.7. The van der Waals surface area contributed by atoms with Crippen molar-refractivity contribution in [1.29, 1.82) is 0 Å². The van der Waals surface area contributed by atoms with Crippen molar-refractivity contribution >= 4 is 5.69 Å². The first-order valence-corrected chi connectivity index (χ1v) is 6.76. The molecule has 1 aromatic carbocycles. The maximum absolute atomic E-state index is 5.76. The first-order valence-electron chi connectivity index (χ1n) is 6.76. The lowest BCUT2D eigenvalue weighted by atomic mass is 9.83. The fourth-order valence-corrected chi connectivity index (χ4v) is 2.49. The minimum absolute atomic E-state index is 0.164. The van der Waals surface area contributed by atoms with Crippen LogP contribution in [-0.4, -0.2) is 14.8 Å². The van der Waals surface area contributed by atoms with Crippen molar-refractivity contribution < 1.29 is 0 Å². The molecule has 0 spiro atoms. The summed E-state index contributed by atoms with van der Waals surface area (Å²) in [5.41, 5.74) is 7.59. The number of anilines is 1.